The maximum atomic E-state index is 4.27. The van der Waals surface area contributed by atoms with Crippen molar-refractivity contribution < 1.29 is 0 Å². The summed E-state index contributed by atoms with van der Waals surface area (Å²) in [5, 5.41) is 14.2. The quantitative estimate of drug-likeness (QED) is 0.595. The normalized spacial score (nSPS) is 11.2. The van der Waals surface area contributed by atoms with Crippen LogP contribution in [0.25, 0.3) is 0 Å². The first-order valence-electron chi connectivity index (χ1n) is 6.96. The second kappa shape index (κ2) is 8.39. The van der Waals surface area contributed by atoms with Crippen molar-refractivity contribution >= 4 is 23.1 Å². The molecule has 1 aromatic carbocycles. The summed E-state index contributed by atoms with van der Waals surface area (Å²) in [5.74, 6) is 0.909. The standard InChI is InChI=1S/C15H21N3S2/c1-12(2)16-10-6-9-14-17-18-15(20-14)11-19-13-7-4-3-5-8-13/h3-5,7-8,12,16H,6,9-11H2,1-2H3. The van der Waals surface area contributed by atoms with Crippen molar-refractivity contribution in [1.29, 1.82) is 0 Å². The van der Waals surface area contributed by atoms with E-state index in [0.29, 0.717) is 6.04 Å². The first-order valence-corrected chi connectivity index (χ1v) is 8.77. The summed E-state index contributed by atoms with van der Waals surface area (Å²) < 4.78 is 0. The molecule has 0 spiro atoms. The van der Waals surface area contributed by atoms with Gasteiger partial charge in [-0.1, -0.05) is 32.0 Å². The molecule has 0 aliphatic heterocycles. The van der Waals surface area contributed by atoms with Crippen molar-refractivity contribution in [2.45, 2.75) is 43.4 Å². The Morgan fingerprint density at radius 3 is 2.65 bits per heavy atom. The zero-order valence-corrected chi connectivity index (χ0v) is 13.6. The Hall–Kier alpha value is -0.910. The number of benzene rings is 1. The van der Waals surface area contributed by atoms with E-state index in [-0.39, 0.29) is 0 Å². The Morgan fingerprint density at radius 1 is 1.15 bits per heavy atom. The van der Waals surface area contributed by atoms with E-state index >= 15 is 0 Å². The van der Waals surface area contributed by atoms with Crippen LogP contribution in [0.1, 0.15) is 30.3 Å². The van der Waals surface area contributed by atoms with Crippen LogP contribution in [-0.2, 0) is 12.2 Å². The van der Waals surface area contributed by atoms with Gasteiger partial charge in [0.15, 0.2) is 0 Å². The topological polar surface area (TPSA) is 37.8 Å². The van der Waals surface area contributed by atoms with Gasteiger partial charge in [-0.25, -0.2) is 0 Å². The van der Waals surface area contributed by atoms with Crippen LogP contribution >= 0.6 is 23.1 Å². The van der Waals surface area contributed by atoms with E-state index < -0.39 is 0 Å². The van der Waals surface area contributed by atoms with E-state index in [1.54, 1.807) is 11.3 Å². The summed E-state index contributed by atoms with van der Waals surface area (Å²) in [6.45, 7) is 5.39. The van der Waals surface area contributed by atoms with Gasteiger partial charge in [0.1, 0.15) is 10.0 Å². The van der Waals surface area contributed by atoms with E-state index in [2.05, 4.69) is 53.6 Å². The van der Waals surface area contributed by atoms with E-state index in [0.717, 1.165) is 35.2 Å². The lowest BCUT2D eigenvalue weighted by atomic mass is 10.3. The fourth-order valence-corrected chi connectivity index (χ4v) is 3.53. The predicted molar refractivity (Wildman–Crippen MR) is 87.4 cm³/mol. The number of hydrogen-bond acceptors (Lipinski definition) is 5. The van der Waals surface area contributed by atoms with Crippen LogP contribution in [-0.4, -0.2) is 22.8 Å². The lowest BCUT2D eigenvalue weighted by molar-refractivity contribution is 0.569. The van der Waals surface area contributed by atoms with E-state index in [9.17, 15) is 0 Å². The van der Waals surface area contributed by atoms with E-state index in [1.165, 1.54) is 4.90 Å². The van der Waals surface area contributed by atoms with Crippen molar-refractivity contribution in [3.63, 3.8) is 0 Å². The highest BCUT2D eigenvalue weighted by atomic mass is 32.2. The van der Waals surface area contributed by atoms with Gasteiger partial charge in [0.25, 0.3) is 0 Å². The Labute approximate surface area is 129 Å². The average molecular weight is 307 g/mol. The van der Waals surface area contributed by atoms with Crippen LogP contribution < -0.4 is 5.32 Å². The number of thioether (sulfide) groups is 1. The lowest BCUT2D eigenvalue weighted by Gasteiger charge is -2.05. The molecule has 0 bridgehead atoms. The third-order valence-electron chi connectivity index (χ3n) is 2.73. The molecule has 20 heavy (non-hydrogen) atoms. The summed E-state index contributed by atoms with van der Waals surface area (Å²) in [6, 6.07) is 11.0. The highest BCUT2D eigenvalue weighted by Gasteiger charge is 2.05. The molecule has 0 fully saturated rings. The molecule has 108 valence electrons. The third-order valence-corrected chi connectivity index (χ3v) is 4.92. The summed E-state index contributed by atoms with van der Waals surface area (Å²) >= 11 is 3.55. The molecular formula is C15H21N3S2. The molecule has 0 saturated carbocycles. The lowest BCUT2D eigenvalue weighted by Crippen LogP contribution is -2.23. The minimum Gasteiger partial charge on any atom is -0.315 e. The van der Waals surface area contributed by atoms with Gasteiger partial charge in [-0.05, 0) is 25.1 Å². The van der Waals surface area contributed by atoms with Crippen molar-refractivity contribution in [2.75, 3.05) is 6.54 Å². The van der Waals surface area contributed by atoms with Crippen molar-refractivity contribution in [3.05, 3.63) is 40.3 Å². The molecule has 3 nitrogen and oxygen atoms in total. The summed E-state index contributed by atoms with van der Waals surface area (Å²) in [4.78, 5) is 1.28. The fraction of sp³-hybridized carbons (Fsp3) is 0.467. The molecule has 0 unspecified atom stereocenters. The van der Waals surface area contributed by atoms with Gasteiger partial charge in [0.05, 0.1) is 5.75 Å². The molecule has 0 amide bonds. The Balaban J connectivity index is 1.72. The third kappa shape index (κ3) is 5.61. The molecule has 1 N–H and O–H groups in total. The molecule has 2 rings (SSSR count). The number of aromatic nitrogens is 2. The Bertz CT molecular complexity index is 497. The van der Waals surface area contributed by atoms with Gasteiger partial charge in [0, 0.05) is 17.4 Å². The maximum Gasteiger partial charge on any atom is 0.127 e. The maximum absolute atomic E-state index is 4.27. The average Bonchev–Trinajstić information content (AvgIpc) is 2.90. The SMILES string of the molecule is CC(C)NCCCc1nnc(CSc2ccccc2)s1. The summed E-state index contributed by atoms with van der Waals surface area (Å²) in [6.07, 6.45) is 2.14. The highest BCUT2D eigenvalue weighted by Crippen LogP contribution is 2.24. The highest BCUT2D eigenvalue weighted by molar-refractivity contribution is 7.98. The molecule has 0 aliphatic carbocycles. The monoisotopic (exact) mass is 307 g/mol. The molecule has 0 atom stereocenters. The van der Waals surface area contributed by atoms with Crippen LogP contribution in [0.2, 0.25) is 0 Å². The van der Waals surface area contributed by atoms with Crippen molar-refractivity contribution in [3.8, 4) is 0 Å². The van der Waals surface area contributed by atoms with E-state index in [4.69, 9.17) is 0 Å². The number of nitrogens with zero attached hydrogens (tertiary/aromatic N) is 2. The van der Waals surface area contributed by atoms with Gasteiger partial charge in [-0.15, -0.1) is 33.3 Å². The first kappa shape index (κ1) is 15.5. The van der Waals surface area contributed by atoms with Gasteiger partial charge >= 0.3 is 0 Å². The zero-order chi connectivity index (χ0) is 14.2. The summed E-state index contributed by atoms with van der Waals surface area (Å²) in [5.41, 5.74) is 0. The summed E-state index contributed by atoms with van der Waals surface area (Å²) in [7, 11) is 0. The molecule has 0 aliphatic rings. The van der Waals surface area contributed by atoms with Crippen LogP contribution in [0.15, 0.2) is 35.2 Å². The first-order chi connectivity index (χ1) is 9.74. The van der Waals surface area contributed by atoms with Crippen molar-refractivity contribution in [2.24, 2.45) is 0 Å². The van der Waals surface area contributed by atoms with Crippen LogP contribution in [0.3, 0.4) is 0 Å². The predicted octanol–water partition coefficient (Wildman–Crippen LogP) is 3.76. The van der Waals surface area contributed by atoms with Gasteiger partial charge in [-0.2, -0.15) is 0 Å². The Morgan fingerprint density at radius 2 is 1.90 bits per heavy atom. The Kier molecular flexibility index (Phi) is 6.50. The van der Waals surface area contributed by atoms with Crippen LogP contribution in [0, 0.1) is 0 Å². The van der Waals surface area contributed by atoms with Crippen molar-refractivity contribution in [1.82, 2.24) is 15.5 Å². The molecule has 0 radical (unpaired) electrons. The van der Waals surface area contributed by atoms with Crippen LogP contribution in [0.4, 0.5) is 0 Å². The molecule has 2 aromatic rings. The molecular weight excluding hydrogens is 286 g/mol. The molecule has 1 aromatic heterocycles. The minimum atomic E-state index is 0.558. The smallest absolute Gasteiger partial charge is 0.127 e. The van der Waals surface area contributed by atoms with Gasteiger partial charge in [0.2, 0.25) is 0 Å². The molecule has 5 heteroatoms. The largest absolute Gasteiger partial charge is 0.315 e. The number of hydrogen-bond donors (Lipinski definition) is 1. The number of rotatable bonds is 8. The number of nitrogens with one attached hydrogen (secondary N) is 1. The second-order valence-corrected chi connectivity index (χ2v) is 7.10. The van der Waals surface area contributed by atoms with Gasteiger partial charge < -0.3 is 5.32 Å². The van der Waals surface area contributed by atoms with Gasteiger partial charge in [-0.3, -0.25) is 0 Å². The van der Waals surface area contributed by atoms with Crippen LogP contribution in [0.5, 0.6) is 0 Å². The van der Waals surface area contributed by atoms with E-state index in [1.807, 2.05) is 17.8 Å². The molecule has 1 heterocycles. The second-order valence-electron chi connectivity index (χ2n) is 4.90. The molecule has 0 saturated heterocycles. The zero-order valence-electron chi connectivity index (χ0n) is 12.0. The number of aryl methyl sites for hydroxylation is 1. The minimum absolute atomic E-state index is 0.558. The fourth-order valence-electron chi connectivity index (χ4n) is 1.74.